The van der Waals surface area contributed by atoms with E-state index >= 15 is 0 Å². The molecule has 3 aromatic rings. The van der Waals surface area contributed by atoms with Gasteiger partial charge >= 0.3 is 0 Å². The maximum atomic E-state index is 12.6. The number of rotatable bonds is 6. The van der Waals surface area contributed by atoms with Crippen LogP contribution in [0.5, 0.6) is 0 Å². The van der Waals surface area contributed by atoms with E-state index in [4.69, 9.17) is 5.73 Å². The van der Waals surface area contributed by atoms with Crippen LogP contribution in [0, 0.1) is 0 Å². The van der Waals surface area contributed by atoms with Gasteiger partial charge in [0.1, 0.15) is 0 Å². The second-order valence-corrected chi connectivity index (χ2v) is 7.83. The first-order valence-corrected chi connectivity index (χ1v) is 10.5. The minimum Gasteiger partial charge on any atom is -0.349 e. The van der Waals surface area contributed by atoms with E-state index < -0.39 is 6.04 Å². The Bertz CT molecular complexity index is 1050. The highest BCUT2D eigenvalue weighted by Gasteiger charge is 2.22. The number of aromatic nitrogens is 1. The molecule has 1 heterocycles. The molecule has 0 spiro atoms. The number of hydrogen-bond donors (Lipinski definition) is 3. The fraction of sp³-hybridized carbons (Fsp3) is 0.240. The van der Waals surface area contributed by atoms with Gasteiger partial charge in [0.25, 0.3) is 5.91 Å². The van der Waals surface area contributed by atoms with Gasteiger partial charge in [0.15, 0.2) is 0 Å². The summed E-state index contributed by atoms with van der Waals surface area (Å²) >= 11 is 0. The fourth-order valence-corrected chi connectivity index (χ4v) is 3.99. The lowest BCUT2D eigenvalue weighted by Gasteiger charge is -2.27. The third-order valence-corrected chi connectivity index (χ3v) is 5.65. The molecule has 6 heteroatoms. The van der Waals surface area contributed by atoms with E-state index in [0.717, 1.165) is 24.8 Å². The summed E-state index contributed by atoms with van der Waals surface area (Å²) in [5.74, 6) is -0.270. The number of benzene rings is 2. The van der Waals surface area contributed by atoms with Crippen molar-refractivity contribution in [3.05, 3.63) is 95.3 Å². The van der Waals surface area contributed by atoms with Gasteiger partial charge in [-0.25, -0.2) is 0 Å². The van der Waals surface area contributed by atoms with Gasteiger partial charge in [-0.05, 0) is 60.2 Å². The monoisotopic (exact) mass is 414 g/mol. The summed E-state index contributed by atoms with van der Waals surface area (Å²) in [6.45, 7) is 0. The van der Waals surface area contributed by atoms with Gasteiger partial charge in [-0.1, -0.05) is 36.4 Å². The van der Waals surface area contributed by atoms with Crippen LogP contribution in [0.1, 0.15) is 58.4 Å². The summed E-state index contributed by atoms with van der Waals surface area (Å²) in [4.78, 5) is 28.9. The van der Waals surface area contributed by atoms with E-state index in [1.807, 2.05) is 12.1 Å². The van der Waals surface area contributed by atoms with Crippen molar-refractivity contribution in [3.63, 3.8) is 0 Å². The smallest absolute Gasteiger partial charge is 0.255 e. The molecule has 158 valence electrons. The number of pyridine rings is 1. The predicted molar refractivity (Wildman–Crippen MR) is 120 cm³/mol. The molecule has 0 fully saturated rings. The lowest BCUT2D eigenvalue weighted by Crippen LogP contribution is -2.33. The molecule has 4 rings (SSSR count). The number of aryl methyl sites for hydroxylation is 1. The minimum atomic E-state index is -0.434. The zero-order valence-electron chi connectivity index (χ0n) is 17.3. The molecular weight excluding hydrogens is 388 g/mol. The number of anilines is 1. The SMILES string of the molecule is N[C@@H](CC(=O)N[C@@H]1CCCc2ccccc21)c1ccc(C(=O)Nc2ccncc2)cc1. The third-order valence-electron chi connectivity index (χ3n) is 5.65. The van der Waals surface area contributed by atoms with Crippen LogP contribution in [0.4, 0.5) is 5.69 Å². The van der Waals surface area contributed by atoms with Crippen molar-refractivity contribution in [2.24, 2.45) is 5.73 Å². The van der Waals surface area contributed by atoms with E-state index in [1.54, 1.807) is 48.8 Å². The minimum absolute atomic E-state index is 0.0453. The van der Waals surface area contributed by atoms with Gasteiger partial charge in [0.2, 0.25) is 5.91 Å². The molecule has 2 atom stereocenters. The number of hydrogen-bond acceptors (Lipinski definition) is 4. The Hall–Kier alpha value is -3.51. The van der Waals surface area contributed by atoms with Crippen LogP contribution in [-0.4, -0.2) is 16.8 Å². The van der Waals surface area contributed by atoms with Crippen molar-refractivity contribution in [1.29, 1.82) is 0 Å². The Balaban J connectivity index is 1.34. The average molecular weight is 415 g/mol. The van der Waals surface area contributed by atoms with Crippen molar-refractivity contribution in [2.45, 2.75) is 37.8 Å². The Labute approximate surface area is 181 Å². The highest BCUT2D eigenvalue weighted by molar-refractivity contribution is 6.04. The zero-order chi connectivity index (χ0) is 21.6. The number of fused-ring (bicyclic) bond motifs is 1. The molecule has 0 unspecified atom stereocenters. The lowest BCUT2D eigenvalue weighted by molar-refractivity contribution is -0.122. The third kappa shape index (κ3) is 5.16. The van der Waals surface area contributed by atoms with Gasteiger partial charge in [-0.2, -0.15) is 0 Å². The standard InChI is InChI=1S/C25H26N4O2/c26-22(16-24(30)29-23-7-3-5-17-4-1-2-6-21(17)23)18-8-10-19(11-9-18)25(31)28-20-12-14-27-15-13-20/h1-2,4,6,8-15,22-23H,3,5,7,16,26H2,(H,29,30)(H,27,28,31)/t22-,23+/m0/s1. The molecule has 31 heavy (non-hydrogen) atoms. The van der Waals surface area contributed by atoms with Gasteiger partial charge in [0, 0.05) is 36.1 Å². The van der Waals surface area contributed by atoms with E-state index in [9.17, 15) is 9.59 Å². The average Bonchev–Trinajstić information content (AvgIpc) is 2.80. The number of nitrogens with two attached hydrogens (primary N) is 1. The highest BCUT2D eigenvalue weighted by atomic mass is 16.2. The maximum Gasteiger partial charge on any atom is 0.255 e. The molecule has 1 aromatic heterocycles. The number of carbonyl (C=O) groups excluding carboxylic acids is 2. The van der Waals surface area contributed by atoms with Crippen molar-refractivity contribution < 1.29 is 9.59 Å². The van der Waals surface area contributed by atoms with Crippen LogP contribution in [0.3, 0.4) is 0 Å². The Morgan fingerprint density at radius 2 is 1.77 bits per heavy atom. The molecule has 2 aromatic carbocycles. The number of amides is 2. The van der Waals surface area contributed by atoms with Gasteiger partial charge in [-0.3, -0.25) is 14.6 Å². The predicted octanol–water partition coefficient (Wildman–Crippen LogP) is 3.92. The largest absolute Gasteiger partial charge is 0.349 e. The molecule has 0 saturated carbocycles. The summed E-state index contributed by atoms with van der Waals surface area (Å²) in [7, 11) is 0. The van der Waals surface area contributed by atoms with Crippen LogP contribution in [-0.2, 0) is 11.2 Å². The molecule has 2 amide bonds. The van der Waals surface area contributed by atoms with Crippen molar-refractivity contribution in [3.8, 4) is 0 Å². The summed E-state index contributed by atoms with van der Waals surface area (Å²) in [6, 6.07) is 18.4. The highest BCUT2D eigenvalue weighted by Crippen LogP contribution is 2.29. The number of nitrogens with one attached hydrogen (secondary N) is 2. The molecule has 1 aliphatic carbocycles. The topological polar surface area (TPSA) is 97.1 Å². The molecule has 4 N–H and O–H groups in total. The summed E-state index contributed by atoms with van der Waals surface area (Å²) in [5.41, 5.74) is 10.8. The van der Waals surface area contributed by atoms with E-state index in [2.05, 4.69) is 27.8 Å². The first-order valence-electron chi connectivity index (χ1n) is 10.5. The first-order chi connectivity index (χ1) is 15.1. The quantitative estimate of drug-likeness (QED) is 0.569. The number of nitrogens with zero attached hydrogens (tertiary/aromatic N) is 1. The van der Waals surface area contributed by atoms with Crippen LogP contribution >= 0.6 is 0 Å². The van der Waals surface area contributed by atoms with Gasteiger partial charge in [0.05, 0.1) is 6.04 Å². The summed E-state index contributed by atoms with van der Waals surface area (Å²) in [5, 5.41) is 5.96. The Kier molecular flexibility index (Phi) is 6.38. The number of carbonyl (C=O) groups is 2. The van der Waals surface area contributed by atoms with Crippen molar-refractivity contribution in [2.75, 3.05) is 5.32 Å². The van der Waals surface area contributed by atoms with E-state index in [-0.39, 0.29) is 24.3 Å². The van der Waals surface area contributed by atoms with Crippen LogP contribution in [0.2, 0.25) is 0 Å². The second kappa shape index (κ2) is 9.53. The molecular formula is C25H26N4O2. The van der Waals surface area contributed by atoms with Crippen molar-refractivity contribution in [1.82, 2.24) is 10.3 Å². The molecule has 0 aliphatic heterocycles. The molecule has 0 radical (unpaired) electrons. The maximum absolute atomic E-state index is 12.6. The zero-order valence-corrected chi connectivity index (χ0v) is 17.3. The second-order valence-electron chi connectivity index (χ2n) is 7.83. The molecule has 0 bridgehead atoms. The fourth-order valence-electron chi connectivity index (χ4n) is 3.99. The van der Waals surface area contributed by atoms with Gasteiger partial charge < -0.3 is 16.4 Å². The molecule has 1 aliphatic rings. The molecule has 6 nitrogen and oxygen atoms in total. The summed E-state index contributed by atoms with van der Waals surface area (Å²) in [6.07, 6.45) is 6.50. The van der Waals surface area contributed by atoms with Gasteiger partial charge in [-0.15, -0.1) is 0 Å². The van der Waals surface area contributed by atoms with Crippen LogP contribution in [0.25, 0.3) is 0 Å². The molecule has 0 saturated heterocycles. The van der Waals surface area contributed by atoms with Crippen molar-refractivity contribution >= 4 is 17.5 Å². The van der Waals surface area contributed by atoms with Crippen LogP contribution in [0.15, 0.2) is 73.1 Å². The Morgan fingerprint density at radius 1 is 1.03 bits per heavy atom. The van der Waals surface area contributed by atoms with E-state index in [1.165, 1.54) is 11.1 Å². The van der Waals surface area contributed by atoms with E-state index in [0.29, 0.717) is 11.3 Å². The first kappa shape index (κ1) is 20.8. The normalized spacial score (nSPS) is 16.1. The van der Waals surface area contributed by atoms with Crippen LogP contribution < -0.4 is 16.4 Å². The Morgan fingerprint density at radius 3 is 2.55 bits per heavy atom. The summed E-state index contributed by atoms with van der Waals surface area (Å²) < 4.78 is 0. The lowest BCUT2D eigenvalue weighted by atomic mass is 9.87.